The Morgan fingerprint density at radius 3 is 2.72 bits per heavy atom. The SMILES string of the molecule is COc1cccc(-c2noc(CN(C)C(=O)c3ccc(Cl)cc3)n2)c1. The third-order valence-corrected chi connectivity index (χ3v) is 3.86. The van der Waals surface area contributed by atoms with Gasteiger partial charge in [-0.2, -0.15) is 4.98 Å². The van der Waals surface area contributed by atoms with Gasteiger partial charge in [-0.3, -0.25) is 4.79 Å². The number of halogens is 1. The Morgan fingerprint density at radius 2 is 2.00 bits per heavy atom. The Labute approximate surface area is 150 Å². The van der Waals surface area contributed by atoms with E-state index in [0.29, 0.717) is 28.1 Å². The summed E-state index contributed by atoms with van der Waals surface area (Å²) in [5, 5.41) is 4.54. The third kappa shape index (κ3) is 3.97. The summed E-state index contributed by atoms with van der Waals surface area (Å²) >= 11 is 5.84. The normalized spacial score (nSPS) is 10.5. The number of hydrogen-bond acceptors (Lipinski definition) is 5. The van der Waals surface area contributed by atoms with Crippen molar-refractivity contribution in [2.24, 2.45) is 0 Å². The Morgan fingerprint density at radius 1 is 1.24 bits per heavy atom. The van der Waals surface area contributed by atoms with Crippen LogP contribution in [0.4, 0.5) is 0 Å². The van der Waals surface area contributed by atoms with E-state index in [4.69, 9.17) is 20.9 Å². The molecular weight excluding hydrogens is 342 g/mol. The largest absolute Gasteiger partial charge is 0.497 e. The maximum absolute atomic E-state index is 12.4. The minimum absolute atomic E-state index is 0.155. The number of carbonyl (C=O) groups excluding carboxylic acids is 1. The zero-order chi connectivity index (χ0) is 17.8. The molecule has 7 heteroatoms. The zero-order valence-electron chi connectivity index (χ0n) is 13.8. The molecule has 25 heavy (non-hydrogen) atoms. The highest BCUT2D eigenvalue weighted by atomic mass is 35.5. The molecule has 1 amide bonds. The molecule has 3 aromatic rings. The van der Waals surface area contributed by atoms with Crippen molar-refractivity contribution in [3.05, 3.63) is 65.0 Å². The fourth-order valence-corrected chi connectivity index (χ4v) is 2.41. The van der Waals surface area contributed by atoms with Crippen LogP contribution in [0.15, 0.2) is 53.1 Å². The summed E-state index contributed by atoms with van der Waals surface area (Å²) in [5.41, 5.74) is 1.32. The molecule has 0 saturated carbocycles. The molecule has 0 spiro atoms. The standard InChI is InChI=1S/C18H16ClN3O3/c1-22(18(23)12-6-8-14(19)9-7-12)11-16-20-17(21-25-16)13-4-3-5-15(10-13)24-2/h3-10H,11H2,1-2H3. The second kappa shape index (κ2) is 7.36. The van der Waals surface area contributed by atoms with E-state index in [-0.39, 0.29) is 12.5 Å². The molecular formula is C18H16ClN3O3. The maximum atomic E-state index is 12.4. The van der Waals surface area contributed by atoms with Crippen LogP contribution in [0.3, 0.4) is 0 Å². The van der Waals surface area contributed by atoms with Crippen molar-refractivity contribution in [1.82, 2.24) is 15.0 Å². The van der Waals surface area contributed by atoms with Gasteiger partial charge in [0.2, 0.25) is 11.7 Å². The summed E-state index contributed by atoms with van der Waals surface area (Å²) in [5.74, 6) is 1.35. The van der Waals surface area contributed by atoms with Crippen LogP contribution in [0.2, 0.25) is 5.02 Å². The zero-order valence-corrected chi connectivity index (χ0v) is 14.5. The second-order valence-corrected chi connectivity index (χ2v) is 5.85. The predicted octanol–water partition coefficient (Wildman–Crippen LogP) is 3.67. The number of hydrogen-bond donors (Lipinski definition) is 0. The van der Waals surface area contributed by atoms with E-state index < -0.39 is 0 Å². The molecule has 0 aliphatic carbocycles. The van der Waals surface area contributed by atoms with Crippen LogP contribution in [-0.2, 0) is 6.54 Å². The molecule has 3 rings (SSSR count). The number of amides is 1. The Kier molecular flexibility index (Phi) is 5.00. The van der Waals surface area contributed by atoms with Crippen molar-refractivity contribution in [3.63, 3.8) is 0 Å². The lowest BCUT2D eigenvalue weighted by atomic mass is 10.2. The van der Waals surface area contributed by atoms with Gasteiger partial charge in [0.25, 0.3) is 5.91 Å². The van der Waals surface area contributed by atoms with Gasteiger partial charge in [-0.15, -0.1) is 0 Å². The van der Waals surface area contributed by atoms with Crippen molar-refractivity contribution >= 4 is 17.5 Å². The van der Waals surface area contributed by atoms with Crippen molar-refractivity contribution in [1.29, 1.82) is 0 Å². The van der Waals surface area contributed by atoms with Gasteiger partial charge in [0.15, 0.2) is 0 Å². The Hall–Kier alpha value is -2.86. The van der Waals surface area contributed by atoms with Crippen molar-refractivity contribution < 1.29 is 14.1 Å². The maximum Gasteiger partial charge on any atom is 0.254 e. The highest BCUT2D eigenvalue weighted by Crippen LogP contribution is 2.21. The molecule has 0 aliphatic heterocycles. The lowest BCUT2D eigenvalue weighted by molar-refractivity contribution is 0.0769. The van der Waals surface area contributed by atoms with Crippen LogP contribution in [-0.4, -0.2) is 35.1 Å². The summed E-state index contributed by atoms with van der Waals surface area (Å²) < 4.78 is 10.4. The number of nitrogens with zero attached hydrogens (tertiary/aromatic N) is 3. The summed E-state index contributed by atoms with van der Waals surface area (Å²) in [6.45, 7) is 0.207. The fourth-order valence-electron chi connectivity index (χ4n) is 2.29. The van der Waals surface area contributed by atoms with Crippen LogP contribution < -0.4 is 4.74 Å². The van der Waals surface area contributed by atoms with E-state index in [1.807, 2.05) is 24.3 Å². The van der Waals surface area contributed by atoms with Crippen molar-refractivity contribution in [2.45, 2.75) is 6.54 Å². The van der Waals surface area contributed by atoms with Crippen LogP contribution >= 0.6 is 11.6 Å². The molecule has 1 heterocycles. The predicted molar refractivity (Wildman–Crippen MR) is 93.5 cm³/mol. The molecule has 0 fully saturated rings. The lowest BCUT2D eigenvalue weighted by Gasteiger charge is -2.14. The lowest BCUT2D eigenvalue weighted by Crippen LogP contribution is -2.26. The highest BCUT2D eigenvalue weighted by Gasteiger charge is 2.16. The minimum atomic E-state index is -0.155. The van der Waals surface area contributed by atoms with Gasteiger partial charge in [0.1, 0.15) is 5.75 Å². The van der Waals surface area contributed by atoms with E-state index in [2.05, 4.69) is 10.1 Å². The van der Waals surface area contributed by atoms with Crippen molar-refractivity contribution in [3.8, 4) is 17.1 Å². The second-order valence-electron chi connectivity index (χ2n) is 5.41. The quantitative estimate of drug-likeness (QED) is 0.696. The smallest absolute Gasteiger partial charge is 0.254 e. The monoisotopic (exact) mass is 357 g/mol. The molecule has 0 radical (unpaired) electrons. The molecule has 1 aromatic heterocycles. The van der Waals surface area contributed by atoms with Gasteiger partial charge >= 0.3 is 0 Å². The number of benzene rings is 2. The van der Waals surface area contributed by atoms with E-state index in [9.17, 15) is 4.79 Å². The van der Waals surface area contributed by atoms with Crippen LogP contribution in [0, 0.1) is 0 Å². The average Bonchev–Trinajstić information content (AvgIpc) is 3.10. The molecule has 0 N–H and O–H groups in total. The number of carbonyl (C=O) groups is 1. The molecule has 0 saturated heterocycles. The molecule has 6 nitrogen and oxygen atoms in total. The van der Waals surface area contributed by atoms with Crippen molar-refractivity contribution in [2.75, 3.05) is 14.2 Å². The molecule has 0 aliphatic rings. The topological polar surface area (TPSA) is 68.5 Å². The van der Waals surface area contributed by atoms with Gasteiger partial charge in [-0.05, 0) is 36.4 Å². The first kappa shape index (κ1) is 17.0. The third-order valence-electron chi connectivity index (χ3n) is 3.61. The van der Waals surface area contributed by atoms with Gasteiger partial charge < -0.3 is 14.2 Å². The fraction of sp³-hybridized carbons (Fsp3) is 0.167. The number of aromatic nitrogens is 2. The Bertz CT molecular complexity index is 877. The van der Waals surface area contributed by atoms with Crippen LogP contribution in [0.1, 0.15) is 16.2 Å². The number of rotatable bonds is 5. The first-order valence-corrected chi connectivity index (χ1v) is 7.92. The van der Waals surface area contributed by atoms with Gasteiger partial charge in [-0.1, -0.05) is 28.9 Å². The van der Waals surface area contributed by atoms with Crippen LogP contribution in [0.5, 0.6) is 5.75 Å². The van der Waals surface area contributed by atoms with E-state index in [0.717, 1.165) is 5.56 Å². The first-order valence-electron chi connectivity index (χ1n) is 7.55. The number of methoxy groups -OCH3 is 1. The van der Waals surface area contributed by atoms with E-state index in [1.54, 1.807) is 38.4 Å². The summed E-state index contributed by atoms with van der Waals surface area (Å²) in [6.07, 6.45) is 0. The highest BCUT2D eigenvalue weighted by molar-refractivity contribution is 6.30. The van der Waals surface area contributed by atoms with Crippen LogP contribution in [0.25, 0.3) is 11.4 Å². The van der Waals surface area contributed by atoms with Gasteiger partial charge in [-0.25, -0.2) is 0 Å². The molecule has 128 valence electrons. The average molecular weight is 358 g/mol. The summed E-state index contributed by atoms with van der Waals surface area (Å²) in [6, 6.07) is 14.1. The first-order chi connectivity index (χ1) is 12.1. The number of ether oxygens (including phenoxy) is 1. The summed E-state index contributed by atoms with van der Waals surface area (Å²) in [4.78, 5) is 18.2. The molecule has 0 atom stereocenters. The minimum Gasteiger partial charge on any atom is -0.497 e. The van der Waals surface area contributed by atoms with Gasteiger partial charge in [0, 0.05) is 23.2 Å². The molecule has 0 bridgehead atoms. The molecule has 0 unspecified atom stereocenters. The molecule has 2 aromatic carbocycles. The van der Waals surface area contributed by atoms with Gasteiger partial charge in [0.05, 0.1) is 13.7 Å². The van der Waals surface area contributed by atoms with E-state index in [1.165, 1.54) is 4.90 Å². The van der Waals surface area contributed by atoms with E-state index >= 15 is 0 Å². The Balaban J connectivity index is 1.72. The summed E-state index contributed by atoms with van der Waals surface area (Å²) in [7, 11) is 3.27.